The third-order valence-corrected chi connectivity index (χ3v) is 5.00. The van der Waals surface area contributed by atoms with Gasteiger partial charge < -0.3 is 4.90 Å². The van der Waals surface area contributed by atoms with Crippen molar-refractivity contribution >= 4 is 16.0 Å². The van der Waals surface area contributed by atoms with Crippen LogP contribution in [0.5, 0.6) is 0 Å². The van der Waals surface area contributed by atoms with E-state index in [0.29, 0.717) is 11.9 Å². The summed E-state index contributed by atoms with van der Waals surface area (Å²) < 4.78 is 22.5. The first-order valence-electron chi connectivity index (χ1n) is 7.54. The second-order valence-corrected chi connectivity index (χ2v) is 7.22. The number of hydrogen-bond acceptors (Lipinski definition) is 6. The van der Waals surface area contributed by atoms with E-state index in [0.717, 1.165) is 32.4 Å². The molecule has 0 spiro atoms. The van der Waals surface area contributed by atoms with Crippen molar-refractivity contribution in [2.75, 3.05) is 18.0 Å². The number of pyridine rings is 1. The second kappa shape index (κ2) is 6.59. The SMILES string of the molecule is NS(=O)(=O)c1cnc(N2CCCC(c3ccncc3)CC2)nc1. The van der Waals surface area contributed by atoms with Gasteiger partial charge in [-0.1, -0.05) is 0 Å². The minimum Gasteiger partial charge on any atom is -0.341 e. The number of anilines is 1. The van der Waals surface area contributed by atoms with Crippen LogP contribution in [0.2, 0.25) is 0 Å². The zero-order valence-corrected chi connectivity index (χ0v) is 13.5. The Bertz CT molecular complexity index is 749. The lowest BCUT2D eigenvalue weighted by Crippen LogP contribution is -2.26. The van der Waals surface area contributed by atoms with Gasteiger partial charge in [-0.3, -0.25) is 4.98 Å². The summed E-state index contributed by atoms with van der Waals surface area (Å²) >= 11 is 0. The Morgan fingerprint density at radius 2 is 1.78 bits per heavy atom. The molecular formula is C15H19N5O2S. The molecule has 3 rings (SSSR count). The van der Waals surface area contributed by atoms with Crippen LogP contribution in [0.1, 0.15) is 30.7 Å². The van der Waals surface area contributed by atoms with Crippen molar-refractivity contribution in [2.45, 2.75) is 30.1 Å². The Balaban J connectivity index is 1.71. The monoisotopic (exact) mass is 333 g/mol. The summed E-state index contributed by atoms with van der Waals surface area (Å²) in [4.78, 5) is 14.4. The molecule has 1 fully saturated rings. The summed E-state index contributed by atoms with van der Waals surface area (Å²) in [6.07, 6.45) is 9.33. The first kappa shape index (κ1) is 15.8. The van der Waals surface area contributed by atoms with Gasteiger partial charge in [-0.2, -0.15) is 0 Å². The number of primary sulfonamides is 1. The third kappa shape index (κ3) is 3.83. The van der Waals surface area contributed by atoms with E-state index < -0.39 is 10.0 Å². The van der Waals surface area contributed by atoms with Gasteiger partial charge in [-0.05, 0) is 42.9 Å². The van der Waals surface area contributed by atoms with Crippen molar-refractivity contribution < 1.29 is 8.42 Å². The molecule has 3 heterocycles. The first-order valence-corrected chi connectivity index (χ1v) is 9.08. The largest absolute Gasteiger partial charge is 0.341 e. The van der Waals surface area contributed by atoms with Crippen molar-refractivity contribution in [3.8, 4) is 0 Å². The molecule has 2 N–H and O–H groups in total. The number of rotatable bonds is 3. The molecule has 2 aromatic rings. The standard InChI is InChI=1S/C15H19N5O2S/c16-23(21,22)14-10-18-15(19-11-14)20-8-1-2-12(5-9-20)13-3-6-17-7-4-13/h3-4,6-7,10-12H,1-2,5,8-9H2,(H2,16,21,22). The molecule has 0 aromatic carbocycles. The Hall–Kier alpha value is -2.06. The molecule has 23 heavy (non-hydrogen) atoms. The van der Waals surface area contributed by atoms with Gasteiger partial charge in [0.05, 0.1) is 12.4 Å². The molecule has 2 aromatic heterocycles. The average Bonchev–Trinajstić information content (AvgIpc) is 2.81. The fraction of sp³-hybridized carbons (Fsp3) is 0.400. The normalized spacial score (nSPS) is 19.3. The van der Waals surface area contributed by atoms with Crippen molar-refractivity contribution in [1.29, 1.82) is 0 Å². The van der Waals surface area contributed by atoms with Gasteiger partial charge in [-0.15, -0.1) is 0 Å². The highest BCUT2D eigenvalue weighted by molar-refractivity contribution is 7.89. The van der Waals surface area contributed by atoms with Crippen LogP contribution in [-0.2, 0) is 10.0 Å². The van der Waals surface area contributed by atoms with Crippen LogP contribution in [0.3, 0.4) is 0 Å². The van der Waals surface area contributed by atoms with Gasteiger partial charge in [0.25, 0.3) is 0 Å². The quantitative estimate of drug-likeness (QED) is 0.908. The van der Waals surface area contributed by atoms with E-state index in [1.54, 1.807) is 0 Å². The zero-order chi connectivity index (χ0) is 16.3. The van der Waals surface area contributed by atoms with Crippen LogP contribution in [-0.4, -0.2) is 36.5 Å². The van der Waals surface area contributed by atoms with Crippen LogP contribution in [0.15, 0.2) is 41.8 Å². The predicted molar refractivity (Wildman–Crippen MR) is 86.4 cm³/mol. The Labute approximate surface area is 135 Å². The zero-order valence-electron chi connectivity index (χ0n) is 12.7. The van der Waals surface area contributed by atoms with E-state index in [4.69, 9.17) is 5.14 Å². The van der Waals surface area contributed by atoms with Crippen molar-refractivity contribution in [1.82, 2.24) is 15.0 Å². The summed E-state index contributed by atoms with van der Waals surface area (Å²) in [7, 11) is -3.75. The molecule has 1 saturated heterocycles. The van der Waals surface area contributed by atoms with Gasteiger partial charge in [0.1, 0.15) is 4.90 Å². The van der Waals surface area contributed by atoms with Gasteiger partial charge in [-0.25, -0.2) is 23.5 Å². The lowest BCUT2D eigenvalue weighted by Gasteiger charge is -2.20. The van der Waals surface area contributed by atoms with Gasteiger partial charge in [0, 0.05) is 25.5 Å². The Morgan fingerprint density at radius 3 is 2.43 bits per heavy atom. The predicted octanol–water partition coefficient (Wildman–Crippen LogP) is 1.29. The molecule has 1 aliphatic rings. The molecule has 0 radical (unpaired) electrons. The maximum Gasteiger partial charge on any atom is 0.241 e. The molecule has 0 bridgehead atoms. The molecule has 0 amide bonds. The van der Waals surface area contributed by atoms with Crippen LogP contribution in [0.25, 0.3) is 0 Å². The molecule has 8 heteroatoms. The van der Waals surface area contributed by atoms with Crippen LogP contribution in [0, 0.1) is 0 Å². The van der Waals surface area contributed by atoms with Crippen molar-refractivity contribution in [3.63, 3.8) is 0 Å². The molecule has 0 saturated carbocycles. The summed E-state index contributed by atoms with van der Waals surface area (Å²) in [6, 6.07) is 4.13. The highest BCUT2D eigenvalue weighted by Gasteiger charge is 2.20. The molecule has 0 aliphatic carbocycles. The topological polar surface area (TPSA) is 102 Å². The highest BCUT2D eigenvalue weighted by atomic mass is 32.2. The van der Waals surface area contributed by atoms with E-state index >= 15 is 0 Å². The fourth-order valence-electron chi connectivity index (χ4n) is 2.88. The Kier molecular flexibility index (Phi) is 4.53. The number of nitrogens with zero attached hydrogens (tertiary/aromatic N) is 4. The minimum atomic E-state index is -3.75. The summed E-state index contributed by atoms with van der Waals surface area (Å²) in [5.74, 6) is 1.06. The van der Waals surface area contributed by atoms with Crippen LogP contribution in [0.4, 0.5) is 5.95 Å². The minimum absolute atomic E-state index is 0.0641. The van der Waals surface area contributed by atoms with Gasteiger partial charge in [0.2, 0.25) is 16.0 Å². The van der Waals surface area contributed by atoms with E-state index in [1.807, 2.05) is 12.4 Å². The van der Waals surface area contributed by atoms with Crippen molar-refractivity contribution in [2.24, 2.45) is 5.14 Å². The molecule has 1 atom stereocenters. The molecule has 122 valence electrons. The summed E-state index contributed by atoms with van der Waals surface area (Å²) in [5, 5.41) is 5.07. The first-order chi connectivity index (χ1) is 11.0. The molecule has 7 nitrogen and oxygen atoms in total. The van der Waals surface area contributed by atoms with Gasteiger partial charge in [0.15, 0.2) is 0 Å². The number of sulfonamides is 1. The lowest BCUT2D eigenvalue weighted by molar-refractivity contribution is 0.596. The van der Waals surface area contributed by atoms with Crippen LogP contribution < -0.4 is 10.0 Å². The smallest absolute Gasteiger partial charge is 0.241 e. The second-order valence-electron chi connectivity index (χ2n) is 5.66. The summed E-state index contributed by atoms with van der Waals surface area (Å²) in [6.45, 7) is 1.69. The molecule has 1 unspecified atom stereocenters. The lowest BCUT2D eigenvalue weighted by atomic mass is 9.93. The number of aromatic nitrogens is 3. The third-order valence-electron chi connectivity index (χ3n) is 4.13. The highest BCUT2D eigenvalue weighted by Crippen LogP contribution is 2.28. The molecular weight excluding hydrogens is 314 g/mol. The van der Waals surface area contributed by atoms with Crippen LogP contribution >= 0.6 is 0 Å². The Morgan fingerprint density at radius 1 is 1.09 bits per heavy atom. The summed E-state index contributed by atoms with van der Waals surface area (Å²) in [5.41, 5.74) is 1.31. The van der Waals surface area contributed by atoms with E-state index in [2.05, 4.69) is 32.0 Å². The number of hydrogen-bond donors (Lipinski definition) is 1. The average molecular weight is 333 g/mol. The fourth-order valence-corrected chi connectivity index (χ4v) is 3.28. The van der Waals surface area contributed by atoms with Crippen molar-refractivity contribution in [3.05, 3.63) is 42.5 Å². The number of nitrogens with two attached hydrogens (primary N) is 1. The van der Waals surface area contributed by atoms with E-state index in [9.17, 15) is 8.42 Å². The van der Waals surface area contributed by atoms with Gasteiger partial charge >= 0.3 is 0 Å². The van der Waals surface area contributed by atoms with E-state index in [-0.39, 0.29) is 4.90 Å². The maximum atomic E-state index is 11.3. The molecule has 1 aliphatic heterocycles. The van der Waals surface area contributed by atoms with E-state index in [1.165, 1.54) is 18.0 Å². The maximum absolute atomic E-state index is 11.3.